The van der Waals surface area contributed by atoms with Crippen molar-refractivity contribution in [1.29, 1.82) is 0 Å². The van der Waals surface area contributed by atoms with E-state index in [4.69, 9.17) is 0 Å². The van der Waals surface area contributed by atoms with Crippen LogP contribution in [-0.4, -0.2) is 44.6 Å². The zero-order valence-corrected chi connectivity index (χ0v) is 15.9. The quantitative estimate of drug-likeness (QED) is 0.876. The molecule has 2 aromatic carbocycles. The van der Waals surface area contributed by atoms with Gasteiger partial charge in [0, 0.05) is 37.0 Å². The first-order valence-electron chi connectivity index (χ1n) is 8.74. The van der Waals surface area contributed by atoms with Crippen LogP contribution in [0.25, 0.3) is 0 Å². The van der Waals surface area contributed by atoms with Gasteiger partial charge in [0.1, 0.15) is 0 Å². The van der Waals surface area contributed by atoms with Crippen LogP contribution in [0.5, 0.6) is 0 Å². The Labute approximate surface area is 154 Å². The van der Waals surface area contributed by atoms with Gasteiger partial charge >= 0.3 is 0 Å². The van der Waals surface area contributed by atoms with E-state index in [1.807, 2.05) is 18.2 Å². The molecule has 1 fully saturated rings. The molecule has 1 saturated heterocycles. The maximum atomic E-state index is 12.5. The second-order valence-electron chi connectivity index (χ2n) is 6.84. The molecule has 1 heterocycles. The third-order valence-electron chi connectivity index (χ3n) is 4.91. The highest BCUT2D eigenvalue weighted by Crippen LogP contribution is 2.24. The smallest absolute Gasteiger partial charge is 0.251 e. The van der Waals surface area contributed by atoms with Crippen molar-refractivity contribution < 1.29 is 13.2 Å². The lowest BCUT2D eigenvalue weighted by atomic mass is 10.1. The molecule has 1 amide bonds. The Morgan fingerprint density at radius 1 is 1.15 bits per heavy atom. The first kappa shape index (κ1) is 18.6. The minimum atomic E-state index is -3.32. The largest absolute Gasteiger partial charge is 0.348 e. The van der Waals surface area contributed by atoms with Crippen LogP contribution < -0.4 is 5.32 Å². The molecule has 2 aromatic rings. The molecule has 0 aromatic heterocycles. The molecule has 0 unspecified atom stereocenters. The summed E-state index contributed by atoms with van der Waals surface area (Å²) in [5, 5.41) is 3.03. The van der Waals surface area contributed by atoms with Gasteiger partial charge in [-0.3, -0.25) is 9.69 Å². The van der Waals surface area contributed by atoms with E-state index in [1.54, 1.807) is 12.1 Å². The van der Waals surface area contributed by atoms with E-state index in [0.717, 1.165) is 25.8 Å². The van der Waals surface area contributed by atoms with Gasteiger partial charge in [0.05, 0.1) is 4.90 Å². The Kier molecular flexibility index (Phi) is 5.44. The molecular formula is C20H24N2O3S. The summed E-state index contributed by atoms with van der Waals surface area (Å²) in [4.78, 5) is 15.0. The maximum Gasteiger partial charge on any atom is 0.251 e. The predicted molar refractivity (Wildman–Crippen MR) is 102 cm³/mol. The third-order valence-corrected chi connectivity index (χ3v) is 6.02. The first-order valence-corrected chi connectivity index (χ1v) is 10.6. The number of likely N-dealkylation sites (tertiary alicyclic amines) is 1. The van der Waals surface area contributed by atoms with E-state index in [-0.39, 0.29) is 16.8 Å². The van der Waals surface area contributed by atoms with Gasteiger partial charge in [0.2, 0.25) is 0 Å². The number of carbonyl (C=O) groups excluding carboxylic acids is 1. The normalized spacial score (nSPS) is 19.2. The fourth-order valence-electron chi connectivity index (χ4n) is 3.34. The molecule has 2 atom stereocenters. The summed E-state index contributed by atoms with van der Waals surface area (Å²) >= 11 is 0. The molecule has 1 aliphatic heterocycles. The average molecular weight is 372 g/mol. The van der Waals surface area contributed by atoms with Crippen molar-refractivity contribution in [3.05, 3.63) is 65.7 Å². The van der Waals surface area contributed by atoms with E-state index in [1.165, 1.54) is 17.7 Å². The maximum absolute atomic E-state index is 12.5. The van der Waals surface area contributed by atoms with E-state index < -0.39 is 9.84 Å². The van der Waals surface area contributed by atoms with Gasteiger partial charge in [-0.05, 0) is 37.1 Å². The molecule has 0 bridgehead atoms. The van der Waals surface area contributed by atoms with Crippen LogP contribution in [-0.2, 0) is 9.84 Å². The van der Waals surface area contributed by atoms with E-state index in [2.05, 4.69) is 29.3 Å². The zero-order chi connectivity index (χ0) is 18.7. The molecule has 0 radical (unpaired) electrons. The Hall–Kier alpha value is -2.18. The second kappa shape index (κ2) is 7.60. The summed E-state index contributed by atoms with van der Waals surface area (Å²) in [6.45, 7) is 3.88. The average Bonchev–Trinajstić information content (AvgIpc) is 3.09. The topological polar surface area (TPSA) is 66.5 Å². The van der Waals surface area contributed by atoms with Crippen molar-refractivity contribution in [3.8, 4) is 0 Å². The highest BCUT2D eigenvalue weighted by molar-refractivity contribution is 7.90. The minimum absolute atomic E-state index is 0.0653. The van der Waals surface area contributed by atoms with Gasteiger partial charge in [-0.2, -0.15) is 0 Å². The zero-order valence-electron chi connectivity index (χ0n) is 15.1. The lowest BCUT2D eigenvalue weighted by Gasteiger charge is -2.24. The monoisotopic (exact) mass is 372 g/mol. The molecule has 3 rings (SSSR count). The lowest BCUT2D eigenvalue weighted by Crippen LogP contribution is -2.37. The highest BCUT2D eigenvalue weighted by atomic mass is 32.2. The number of amides is 1. The van der Waals surface area contributed by atoms with Gasteiger partial charge in [-0.25, -0.2) is 8.42 Å². The van der Waals surface area contributed by atoms with Crippen LogP contribution in [0.4, 0.5) is 0 Å². The van der Waals surface area contributed by atoms with Crippen molar-refractivity contribution in [2.24, 2.45) is 0 Å². The van der Waals surface area contributed by atoms with E-state index in [9.17, 15) is 13.2 Å². The summed E-state index contributed by atoms with van der Waals surface area (Å²) in [6.07, 6.45) is 2.03. The van der Waals surface area contributed by atoms with Crippen LogP contribution in [0.2, 0.25) is 0 Å². The van der Waals surface area contributed by atoms with Crippen molar-refractivity contribution in [1.82, 2.24) is 10.2 Å². The molecule has 138 valence electrons. The SMILES string of the molecule is C[C@@H](c1ccccc1)N1CC[C@H](NC(=O)c2cccc(S(C)(=O)=O)c2)C1. The fourth-order valence-corrected chi connectivity index (χ4v) is 4.00. The Morgan fingerprint density at radius 2 is 1.88 bits per heavy atom. The molecule has 0 saturated carbocycles. The number of benzene rings is 2. The van der Waals surface area contributed by atoms with Crippen molar-refractivity contribution in [2.45, 2.75) is 30.3 Å². The lowest BCUT2D eigenvalue weighted by molar-refractivity contribution is 0.0936. The summed E-state index contributed by atoms with van der Waals surface area (Å²) in [7, 11) is -3.32. The summed E-state index contributed by atoms with van der Waals surface area (Å²) in [6, 6.07) is 16.9. The number of sulfone groups is 1. The Morgan fingerprint density at radius 3 is 2.58 bits per heavy atom. The summed E-state index contributed by atoms with van der Waals surface area (Å²) in [5.41, 5.74) is 1.64. The number of hydrogen-bond acceptors (Lipinski definition) is 4. The van der Waals surface area contributed by atoms with Gasteiger partial charge in [0.15, 0.2) is 9.84 Å². The molecule has 0 aliphatic carbocycles. The Balaban J connectivity index is 1.63. The first-order chi connectivity index (χ1) is 12.3. The van der Waals surface area contributed by atoms with Crippen LogP contribution >= 0.6 is 0 Å². The van der Waals surface area contributed by atoms with E-state index >= 15 is 0 Å². The number of rotatable bonds is 5. The molecular weight excluding hydrogens is 348 g/mol. The third kappa shape index (κ3) is 4.31. The molecule has 26 heavy (non-hydrogen) atoms. The van der Waals surface area contributed by atoms with Crippen LogP contribution in [0.3, 0.4) is 0 Å². The Bertz CT molecular complexity index is 881. The minimum Gasteiger partial charge on any atom is -0.348 e. The molecule has 6 heteroatoms. The highest BCUT2D eigenvalue weighted by Gasteiger charge is 2.28. The van der Waals surface area contributed by atoms with Crippen molar-refractivity contribution >= 4 is 15.7 Å². The molecule has 1 aliphatic rings. The number of carbonyl (C=O) groups is 1. The molecule has 0 spiro atoms. The summed E-state index contributed by atoms with van der Waals surface area (Å²) < 4.78 is 23.3. The predicted octanol–water partition coefficient (Wildman–Crippen LogP) is 2.66. The number of nitrogens with zero attached hydrogens (tertiary/aromatic N) is 1. The number of hydrogen-bond donors (Lipinski definition) is 1. The van der Waals surface area contributed by atoms with Crippen LogP contribution in [0.1, 0.15) is 35.3 Å². The van der Waals surface area contributed by atoms with Crippen molar-refractivity contribution in [2.75, 3.05) is 19.3 Å². The number of nitrogens with one attached hydrogen (secondary N) is 1. The van der Waals surface area contributed by atoms with Gasteiger partial charge in [0.25, 0.3) is 5.91 Å². The van der Waals surface area contributed by atoms with Crippen LogP contribution in [0, 0.1) is 0 Å². The summed E-state index contributed by atoms with van der Waals surface area (Å²) in [5.74, 6) is -0.227. The van der Waals surface area contributed by atoms with Gasteiger partial charge in [-0.15, -0.1) is 0 Å². The van der Waals surface area contributed by atoms with Crippen LogP contribution in [0.15, 0.2) is 59.5 Å². The standard InChI is InChI=1S/C20H24N2O3S/c1-15(16-7-4-3-5-8-16)22-12-11-18(14-22)21-20(23)17-9-6-10-19(13-17)26(2,24)25/h3-10,13,15,18H,11-12,14H2,1-2H3,(H,21,23)/t15-,18-/m0/s1. The van der Waals surface area contributed by atoms with Gasteiger partial charge < -0.3 is 5.32 Å². The second-order valence-corrected chi connectivity index (χ2v) is 8.86. The molecule has 1 N–H and O–H groups in total. The van der Waals surface area contributed by atoms with Gasteiger partial charge in [-0.1, -0.05) is 36.4 Å². The molecule has 5 nitrogen and oxygen atoms in total. The van der Waals surface area contributed by atoms with E-state index in [0.29, 0.717) is 11.6 Å². The fraction of sp³-hybridized carbons (Fsp3) is 0.350. The van der Waals surface area contributed by atoms with Crippen molar-refractivity contribution in [3.63, 3.8) is 0 Å².